The van der Waals surface area contributed by atoms with Crippen molar-refractivity contribution in [2.75, 3.05) is 20.1 Å². The Morgan fingerprint density at radius 3 is 2.67 bits per heavy atom. The third-order valence-corrected chi connectivity index (χ3v) is 5.40. The fourth-order valence-electron chi connectivity index (χ4n) is 3.25. The number of nitrogens with one attached hydrogen (secondary N) is 2. The summed E-state index contributed by atoms with van der Waals surface area (Å²) in [5.74, 6) is 1.65. The Bertz CT molecular complexity index is 735. The third kappa shape index (κ3) is 6.07. The number of aromatic nitrogens is 1. The van der Waals surface area contributed by atoms with Crippen LogP contribution in [-0.2, 0) is 19.5 Å². The molecule has 0 spiro atoms. The van der Waals surface area contributed by atoms with E-state index in [2.05, 4.69) is 72.8 Å². The van der Waals surface area contributed by atoms with Gasteiger partial charge in [0.15, 0.2) is 11.7 Å². The smallest absolute Gasteiger partial charge is 0.191 e. The van der Waals surface area contributed by atoms with Crippen LogP contribution >= 0.6 is 15.9 Å². The van der Waals surface area contributed by atoms with E-state index in [-0.39, 0.29) is 0 Å². The minimum absolute atomic E-state index is 0.443. The SMILES string of the molecule is CCc1cc(CNC(=NC)NC2CCN(Cc3ccc(Br)cc3)CC2)on1. The second-order valence-corrected chi connectivity index (χ2v) is 7.80. The summed E-state index contributed by atoms with van der Waals surface area (Å²) < 4.78 is 6.44. The van der Waals surface area contributed by atoms with E-state index in [1.54, 1.807) is 7.05 Å². The summed E-state index contributed by atoms with van der Waals surface area (Å²) in [5, 5.41) is 10.9. The van der Waals surface area contributed by atoms with Crippen LogP contribution in [0.5, 0.6) is 0 Å². The molecule has 0 atom stereocenters. The molecule has 0 bridgehead atoms. The molecule has 0 unspecified atom stereocenters. The van der Waals surface area contributed by atoms with Crippen LogP contribution in [0.25, 0.3) is 0 Å². The molecule has 0 amide bonds. The first-order valence-electron chi connectivity index (χ1n) is 9.54. The van der Waals surface area contributed by atoms with Gasteiger partial charge in [-0.3, -0.25) is 9.89 Å². The summed E-state index contributed by atoms with van der Waals surface area (Å²) in [4.78, 5) is 6.85. The molecular weight excluding hydrogens is 406 g/mol. The Hall–Kier alpha value is -1.86. The van der Waals surface area contributed by atoms with Crippen molar-refractivity contribution in [3.8, 4) is 0 Å². The molecule has 3 rings (SSSR count). The molecule has 0 radical (unpaired) electrons. The number of nitrogens with zero attached hydrogens (tertiary/aromatic N) is 3. The lowest BCUT2D eigenvalue weighted by Gasteiger charge is -2.33. The lowest BCUT2D eigenvalue weighted by molar-refractivity contribution is 0.198. The normalized spacial score (nSPS) is 16.5. The van der Waals surface area contributed by atoms with Crippen LogP contribution in [0, 0.1) is 0 Å². The number of piperidine rings is 1. The Kier molecular flexibility index (Phi) is 7.29. The maximum absolute atomic E-state index is 5.31. The molecule has 146 valence electrons. The molecule has 2 heterocycles. The number of aliphatic imine (C=N–C) groups is 1. The van der Waals surface area contributed by atoms with Crippen LogP contribution < -0.4 is 10.6 Å². The van der Waals surface area contributed by atoms with E-state index in [4.69, 9.17) is 4.52 Å². The predicted molar refractivity (Wildman–Crippen MR) is 112 cm³/mol. The van der Waals surface area contributed by atoms with Crippen molar-refractivity contribution in [3.05, 3.63) is 51.8 Å². The van der Waals surface area contributed by atoms with Gasteiger partial charge in [0.1, 0.15) is 0 Å². The van der Waals surface area contributed by atoms with E-state index in [0.717, 1.165) is 60.8 Å². The molecule has 1 fully saturated rings. The van der Waals surface area contributed by atoms with Crippen molar-refractivity contribution in [2.24, 2.45) is 4.99 Å². The predicted octanol–water partition coefficient (Wildman–Crippen LogP) is 3.33. The quantitative estimate of drug-likeness (QED) is 0.540. The maximum atomic E-state index is 5.31. The second-order valence-electron chi connectivity index (χ2n) is 6.89. The molecule has 0 saturated carbocycles. The van der Waals surface area contributed by atoms with Crippen molar-refractivity contribution >= 4 is 21.9 Å². The molecule has 6 nitrogen and oxygen atoms in total. The van der Waals surface area contributed by atoms with Crippen molar-refractivity contribution in [2.45, 2.75) is 45.3 Å². The summed E-state index contributed by atoms with van der Waals surface area (Å²) in [6, 6.07) is 11.0. The zero-order valence-corrected chi connectivity index (χ0v) is 17.6. The molecule has 1 aromatic heterocycles. The van der Waals surface area contributed by atoms with Crippen LogP contribution in [0.3, 0.4) is 0 Å². The van der Waals surface area contributed by atoms with Crippen molar-refractivity contribution in [1.29, 1.82) is 0 Å². The molecule has 1 aliphatic rings. The molecule has 1 saturated heterocycles. The van der Waals surface area contributed by atoms with Gasteiger partial charge >= 0.3 is 0 Å². The molecule has 2 N–H and O–H groups in total. The largest absolute Gasteiger partial charge is 0.359 e. The van der Waals surface area contributed by atoms with Crippen molar-refractivity contribution in [1.82, 2.24) is 20.7 Å². The standard InChI is InChI=1S/C20H28BrN5O/c1-3-17-12-19(27-25-17)13-23-20(22-2)24-18-8-10-26(11-9-18)14-15-4-6-16(21)7-5-15/h4-7,12,18H,3,8-11,13-14H2,1-2H3,(H2,22,23,24). The number of likely N-dealkylation sites (tertiary alicyclic amines) is 1. The lowest BCUT2D eigenvalue weighted by Crippen LogP contribution is -2.48. The third-order valence-electron chi connectivity index (χ3n) is 4.87. The highest BCUT2D eigenvalue weighted by Crippen LogP contribution is 2.16. The molecular formula is C20H28BrN5O. The minimum atomic E-state index is 0.443. The Morgan fingerprint density at radius 2 is 2.04 bits per heavy atom. The summed E-state index contributed by atoms with van der Waals surface area (Å²) in [5.41, 5.74) is 2.34. The van der Waals surface area contributed by atoms with E-state index in [1.165, 1.54) is 5.56 Å². The van der Waals surface area contributed by atoms with E-state index < -0.39 is 0 Å². The zero-order valence-electron chi connectivity index (χ0n) is 16.0. The first-order valence-corrected chi connectivity index (χ1v) is 10.3. The molecule has 7 heteroatoms. The second kappa shape index (κ2) is 9.90. The molecule has 0 aliphatic carbocycles. The first-order chi connectivity index (χ1) is 13.2. The average Bonchev–Trinajstić information content (AvgIpc) is 3.16. The van der Waals surface area contributed by atoms with Gasteiger partial charge in [0.25, 0.3) is 0 Å². The number of halogens is 1. The van der Waals surface area contributed by atoms with Crippen LogP contribution in [0.15, 0.2) is 44.3 Å². The highest BCUT2D eigenvalue weighted by Gasteiger charge is 2.20. The van der Waals surface area contributed by atoms with Gasteiger partial charge in [0.2, 0.25) is 0 Å². The number of benzene rings is 1. The monoisotopic (exact) mass is 433 g/mol. The number of hydrogen-bond donors (Lipinski definition) is 2. The lowest BCUT2D eigenvalue weighted by atomic mass is 10.0. The van der Waals surface area contributed by atoms with E-state index in [1.807, 2.05) is 6.07 Å². The summed E-state index contributed by atoms with van der Waals surface area (Å²) in [7, 11) is 1.80. The summed E-state index contributed by atoms with van der Waals surface area (Å²) in [6.45, 7) is 5.85. The Labute approximate surface area is 169 Å². The van der Waals surface area contributed by atoms with Gasteiger partial charge in [0.05, 0.1) is 12.2 Å². The fraction of sp³-hybridized carbons (Fsp3) is 0.500. The number of hydrogen-bond acceptors (Lipinski definition) is 4. The molecule has 1 aromatic carbocycles. The summed E-state index contributed by atoms with van der Waals surface area (Å²) in [6.07, 6.45) is 3.11. The Morgan fingerprint density at radius 1 is 1.30 bits per heavy atom. The zero-order chi connectivity index (χ0) is 19.1. The van der Waals surface area contributed by atoms with Gasteiger partial charge in [-0.15, -0.1) is 0 Å². The molecule has 1 aliphatic heterocycles. The van der Waals surface area contributed by atoms with Gasteiger partial charge in [-0.25, -0.2) is 0 Å². The first kappa shape index (κ1) is 19.9. The van der Waals surface area contributed by atoms with Crippen molar-refractivity contribution in [3.63, 3.8) is 0 Å². The van der Waals surface area contributed by atoms with Gasteiger partial charge in [-0.05, 0) is 37.0 Å². The topological polar surface area (TPSA) is 65.7 Å². The van der Waals surface area contributed by atoms with Crippen molar-refractivity contribution < 1.29 is 4.52 Å². The van der Waals surface area contributed by atoms with Crippen LogP contribution in [0.2, 0.25) is 0 Å². The average molecular weight is 434 g/mol. The summed E-state index contributed by atoms with van der Waals surface area (Å²) >= 11 is 3.49. The van der Waals surface area contributed by atoms with Gasteiger partial charge in [0, 0.05) is 43.3 Å². The fourth-order valence-corrected chi connectivity index (χ4v) is 3.51. The Balaban J connectivity index is 1.41. The van der Waals surface area contributed by atoms with Gasteiger partial charge in [-0.1, -0.05) is 40.1 Å². The molecule has 2 aromatic rings. The highest BCUT2D eigenvalue weighted by molar-refractivity contribution is 9.10. The van der Waals surface area contributed by atoms with E-state index >= 15 is 0 Å². The van der Waals surface area contributed by atoms with E-state index in [9.17, 15) is 0 Å². The van der Waals surface area contributed by atoms with E-state index in [0.29, 0.717) is 12.6 Å². The van der Waals surface area contributed by atoms with Gasteiger partial charge in [-0.2, -0.15) is 0 Å². The number of guanidine groups is 1. The molecule has 27 heavy (non-hydrogen) atoms. The highest BCUT2D eigenvalue weighted by atomic mass is 79.9. The van der Waals surface area contributed by atoms with Gasteiger partial charge < -0.3 is 15.2 Å². The van der Waals surface area contributed by atoms with Crippen LogP contribution in [-0.4, -0.2) is 42.2 Å². The number of aryl methyl sites for hydroxylation is 1. The van der Waals surface area contributed by atoms with Crippen LogP contribution in [0.1, 0.15) is 36.8 Å². The minimum Gasteiger partial charge on any atom is -0.359 e. The maximum Gasteiger partial charge on any atom is 0.191 e. The van der Waals surface area contributed by atoms with Crippen LogP contribution in [0.4, 0.5) is 0 Å². The number of rotatable bonds is 6.